The van der Waals surface area contributed by atoms with Crippen molar-refractivity contribution in [1.82, 2.24) is 4.58 Å². The monoisotopic (exact) mass is 415 g/mol. The number of hydrogen-bond donors (Lipinski definition) is 0. The molecule has 1 fully saturated rings. The van der Waals surface area contributed by atoms with Crippen molar-refractivity contribution in [2.24, 2.45) is 0 Å². The van der Waals surface area contributed by atoms with Crippen LogP contribution in [0.2, 0.25) is 0 Å². The average molecular weight is 416 g/mol. The summed E-state index contributed by atoms with van der Waals surface area (Å²) in [6.45, 7) is 2.26. The lowest BCUT2D eigenvalue weighted by atomic mass is 10.1. The third-order valence-electron chi connectivity index (χ3n) is 4.62. The number of nitrogens with zero attached hydrogens (tertiary/aromatic N) is 1. The Hall–Kier alpha value is -2.48. The molecular formula is C22H22ClNO5. The summed E-state index contributed by atoms with van der Waals surface area (Å²) in [7, 11) is -4.94. The first-order valence-electron chi connectivity index (χ1n) is 9.36. The molecule has 0 atom stereocenters. The Morgan fingerprint density at radius 3 is 1.48 bits per heavy atom. The number of rotatable bonds is 2. The summed E-state index contributed by atoms with van der Waals surface area (Å²) in [6, 6.07) is 25.1. The smallest absolute Gasteiger partial charge is 0.207 e. The van der Waals surface area contributed by atoms with E-state index in [-0.39, 0.29) is 0 Å². The van der Waals surface area contributed by atoms with E-state index in [1.54, 1.807) is 0 Å². The van der Waals surface area contributed by atoms with Crippen LogP contribution in [0, 0.1) is 10.2 Å². The molecule has 1 aliphatic heterocycles. The van der Waals surface area contributed by atoms with Gasteiger partial charge in [-0.15, -0.1) is 10.2 Å². The molecule has 0 aliphatic carbocycles. The van der Waals surface area contributed by atoms with Gasteiger partial charge in [0.15, 0.2) is 0 Å². The summed E-state index contributed by atoms with van der Waals surface area (Å²) < 4.78 is 42.7. The number of hydrogen-bond acceptors (Lipinski definition) is 5. The number of halogens is 1. The molecule has 6 nitrogen and oxygen atoms in total. The number of benzene rings is 2. The molecule has 2 aromatic carbocycles. The highest BCUT2D eigenvalue weighted by Crippen LogP contribution is 2.24. The molecule has 1 saturated heterocycles. The van der Waals surface area contributed by atoms with Crippen molar-refractivity contribution in [3.05, 3.63) is 78.2 Å². The molecule has 0 saturated carbocycles. The average Bonchev–Trinajstić information content (AvgIpc) is 2.74. The molecule has 152 valence electrons. The van der Waals surface area contributed by atoms with E-state index in [0.29, 0.717) is 0 Å². The SMILES string of the molecule is [O-][Cl+3]([O-])([O-])[O-].c1ccc(-c2cc(=[N+]3CCCCC3)cc(-c3ccccc3)o2)cc1. The van der Waals surface area contributed by atoms with Crippen molar-refractivity contribution in [2.75, 3.05) is 13.1 Å². The fraction of sp³-hybridized carbons (Fsp3) is 0.227. The maximum absolute atomic E-state index is 8.49. The van der Waals surface area contributed by atoms with Crippen LogP contribution in [0.3, 0.4) is 0 Å². The zero-order valence-corrected chi connectivity index (χ0v) is 16.6. The maximum Gasteiger partial charge on any atom is 0.207 e. The zero-order valence-electron chi connectivity index (χ0n) is 15.8. The van der Waals surface area contributed by atoms with Crippen molar-refractivity contribution in [3.63, 3.8) is 0 Å². The van der Waals surface area contributed by atoms with Gasteiger partial charge in [-0.2, -0.15) is 0 Å². The summed E-state index contributed by atoms with van der Waals surface area (Å²) in [5.41, 5.74) is 2.24. The van der Waals surface area contributed by atoms with Crippen LogP contribution in [0.1, 0.15) is 19.3 Å². The molecule has 1 aromatic heterocycles. The van der Waals surface area contributed by atoms with Gasteiger partial charge in [0.25, 0.3) is 0 Å². The Bertz CT molecular complexity index is 907. The van der Waals surface area contributed by atoms with Crippen LogP contribution in [-0.2, 0) is 0 Å². The van der Waals surface area contributed by atoms with Gasteiger partial charge < -0.3 is 4.42 Å². The van der Waals surface area contributed by atoms with E-state index in [2.05, 4.69) is 65.2 Å². The molecule has 29 heavy (non-hydrogen) atoms. The Kier molecular flexibility index (Phi) is 7.19. The van der Waals surface area contributed by atoms with Crippen molar-refractivity contribution >= 4 is 0 Å². The zero-order chi connectivity index (χ0) is 20.7. The fourth-order valence-electron chi connectivity index (χ4n) is 3.31. The molecule has 4 rings (SSSR count). The molecule has 0 unspecified atom stereocenters. The molecule has 7 heteroatoms. The lowest BCUT2D eigenvalue weighted by molar-refractivity contribution is -2.00. The first-order valence-corrected chi connectivity index (χ1v) is 10.6. The fourth-order valence-corrected chi connectivity index (χ4v) is 3.31. The third kappa shape index (κ3) is 6.81. The van der Waals surface area contributed by atoms with Gasteiger partial charge in [-0.1, -0.05) is 60.7 Å². The third-order valence-corrected chi connectivity index (χ3v) is 4.62. The van der Waals surface area contributed by atoms with Gasteiger partial charge in [0, 0.05) is 24.0 Å². The second kappa shape index (κ2) is 9.82. The molecule has 0 radical (unpaired) electrons. The molecule has 1 aliphatic rings. The van der Waals surface area contributed by atoms with E-state index in [4.69, 9.17) is 23.1 Å². The van der Waals surface area contributed by atoms with Crippen molar-refractivity contribution in [2.45, 2.75) is 19.3 Å². The summed E-state index contributed by atoms with van der Waals surface area (Å²) in [4.78, 5) is 0. The largest absolute Gasteiger partial charge is 0.456 e. The van der Waals surface area contributed by atoms with Gasteiger partial charge in [-0.05, 0) is 6.42 Å². The summed E-state index contributed by atoms with van der Waals surface area (Å²) in [5.74, 6) is 1.86. The van der Waals surface area contributed by atoms with Crippen LogP contribution in [0.5, 0.6) is 0 Å². The van der Waals surface area contributed by atoms with Crippen LogP contribution < -0.4 is 28.6 Å². The molecule has 0 spiro atoms. The standard InChI is InChI=1S/C22H22NO.ClHO4/c1-4-10-18(11-5-1)21-16-20(23-14-8-3-9-15-23)17-22(24-21)19-12-6-2-7-13-19;2-1(3,4)5/h1-2,4-7,10-13,16-17H,3,8-9,14-15H2;(H,2,3,4,5)/q+1;/p-1. The van der Waals surface area contributed by atoms with Crippen LogP contribution in [0.15, 0.2) is 77.2 Å². The van der Waals surface area contributed by atoms with Crippen LogP contribution >= 0.6 is 0 Å². The summed E-state index contributed by atoms with van der Waals surface area (Å²) in [6.07, 6.45) is 3.88. The first kappa shape index (κ1) is 21.2. The molecular weight excluding hydrogens is 394 g/mol. The van der Waals surface area contributed by atoms with E-state index in [1.807, 2.05) is 12.1 Å². The molecule has 3 aromatic rings. The van der Waals surface area contributed by atoms with Gasteiger partial charge >= 0.3 is 0 Å². The maximum atomic E-state index is 8.49. The van der Waals surface area contributed by atoms with Gasteiger partial charge in [-0.25, -0.2) is 23.2 Å². The Labute approximate surface area is 171 Å². The normalized spacial score (nSPS) is 14.1. The lowest BCUT2D eigenvalue weighted by Gasteiger charge is -2.17. The van der Waals surface area contributed by atoms with E-state index in [1.165, 1.54) is 24.6 Å². The molecule has 2 heterocycles. The quantitative estimate of drug-likeness (QED) is 0.539. The summed E-state index contributed by atoms with van der Waals surface area (Å²) >= 11 is 0. The van der Waals surface area contributed by atoms with Crippen LogP contribution in [0.25, 0.3) is 22.6 Å². The van der Waals surface area contributed by atoms with E-state index in [0.717, 1.165) is 35.7 Å². The van der Waals surface area contributed by atoms with Gasteiger partial charge in [0.05, 0.1) is 12.1 Å². The van der Waals surface area contributed by atoms with E-state index < -0.39 is 10.2 Å². The Morgan fingerprint density at radius 1 is 0.655 bits per heavy atom. The highest BCUT2D eigenvalue weighted by atomic mass is 35.7. The highest BCUT2D eigenvalue weighted by molar-refractivity contribution is 5.62. The Balaban J connectivity index is 0.000000431. The van der Waals surface area contributed by atoms with Gasteiger partial charge in [0.1, 0.15) is 24.6 Å². The van der Waals surface area contributed by atoms with Crippen molar-refractivity contribution in [1.29, 1.82) is 0 Å². The van der Waals surface area contributed by atoms with Gasteiger partial charge in [0.2, 0.25) is 5.36 Å². The Morgan fingerprint density at radius 2 is 1.07 bits per heavy atom. The van der Waals surface area contributed by atoms with E-state index in [9.17, 15) is 0 Å². The minimum Gasteiger partial charge on any atom is -0.456 e. The molecule has 0 amide bonds. The van der Waals surface area contributed by atoms with Crippen LogP contribution in [0.4, 0.5) is 0 Å². The predicted octanol–water partition coefficient (Wildman–Crippen LogP) is -0.186. The first-order chi connectivity index (χ1) is 13.9. The predicted molar refractivity (Wildman–Crippen MR) is 98.4 cm³/mol. The van der Waals surface area contributed by atoms with Crippen LogP contribution in [-0.4, -0.2) is 13.1 Å². The second-order valence-corrected chi connectivity index (χ2v) is 7.46. The molecule has 0 bridgehead atoms. The lowest BCUT2D eigenvalue weighted by Crippen LogP contribution is -2.68. The number of piperidine rings is 1. The minimum absolute atomic E-state index is 0.928. The highest BCUT2D eigenvalue weighted by Gasteiger charge is 2.15. The summed E-state index contributed by atoms with van der Waals surface area (Å²) in [5, 5.41) is 1.26. The topological polar surface area (TPSA) is 108 Å². The van der Waals surface area contributed by atoms with Crippen molar-refractivity contribution in [3.8, 4) is 22.6 Å². The molecule has 0 N–H and O–H groups in total. The second-order valence-electron chi connectivity index (χ2n) is 6.70. The van der Waals surface area contributed by atoms with Crippen molar-refractivity contribution < 1.29 is 33.3 Å². The minimum atomic E-state index is -4.94. The van der Waals surface area contributed by atoms with Gasteiger partial charge in [-0.3, -0.25) is 0 Å². The van der Waals surface area contributed by atoms with E-state index >= 15 is 0 Å².